The van der Waals surface area contributed by atoms with Crippen LogP contribution >= 0.6 is 11.6 Å². The molecule has 0 amide bonds. The van der Waals surface area contributed by atoms with E-state index in [9.17, 15) is 13.0 Å². The molecule has 0 saturated heterocycles. The molecule has 0 aliphatic rings. The van der Waals surface area contributed by atoms with Gasteiger partial charge in [0.2, 0.25) is 5.95 Å². The molecule has 0 bridgehead atoms. The fraction of sp³-hybridized carbons (Fsp3) is 0.125. The van der Waals surface area contributed by atoms with Gasteiger partial charge in [0, 0.05) is 32.8 Å². The van der Waals surface area contributed by atoms with Crippen molar-refractivity contribution in [1.82, 2.24) is 15.0 Å². The standard InChI is InChI=1S/C24H20ClF2N5O2S/c1-35(28,33)13-15-3-2-4-20(9-15)31-24-30-14-29-23(32-24)21-6-5-18(26)11-22(21)34-12-16-7-17(25)10-19(27)8-16/h2-11,14,28H,12-13H2,1H3,(H,29,30,31,32). The lowest BCUT2D eigenvalue weighted by Crippen LogP contribution is -2.03. The number of halogens is 3. The van der Waals surface area contributed by atoms with Gasteiger partial charge in [-0.05, 0) is 53.6 Å². The van der Waals surface area contributed by atoms with E-state index in [-0.39, 0.29) is 34.9 Å². The zero-order valence-electron chi connectivity index (χ0n) is 18.5. The van der Waals surface area contributed by atoms with E-state index in [2.05, 4.69) is 20.3 Å². The highest BCUT2D eigenvalue weighted by atomic mass is 35.5. The highest BCUT2D eigenvalue weighted by molar-refractivity contribution is 7.90. The lowest BCUT2D eigenvalue weighted by molar-refractivity contribution is 0.305. The van der Waals surface area contributed by atoms with E-state index in [0.717, 1.165) is 5.56 Å². The molecule has 0 aliphatic heterocycles. The van der Waals surface area contributed by atoms with Gasteiger partial charge in [-0.2, -0.15) is 4.98 Å². The van der Waals surface area contributed by atoms with Crippen molar-refractivity contribution < 1.29 is 17.7 Å². The van der Waals surface area contributed by atoms with Gasteiger partial charge in [-0.15, -0.1) is 0 Å². The SMILES string of the molecule is CS(=N)(=O)Cc1cccc(Nc2ncnc(-c3ccc(F)cc3OCc3cc(F)cc(Cl)c3)n2)c1. The van der Waals surface area contributed by atoms with Crippen LogP contribution in [0.15, 0.2) is 67.0 Å². The number of ether oxygens (including phenoxy) is 1. The van der Waals surface area contributed by atoms with Crippen molar-refractivity contribution in [3.63, 3.8) is 0 Å². The molecular weight excluding hydrogens is 496 g/mol. The predicted octanol–water partition coefficient (Wildman–Crippen LogP) is 5.97. The second kappa shape index (κ2) is 10.3. The Balaban J connectivity index is 1.58. The molecule has 0 saturated carbocycles. The van der Waals surface area contributed by atoms with Crippen LogP contribution in [0.25, 0.3) is 11.4 Å². The summed E-state index contributed by atoms with van der Waals surface area (Å²) < 4.78 is 52.8. The minimum Gasteiger partial charge on any atom is -0.488 e. The molecule has 0 spiro atoms. The van der Waals surface area contributed by atoms with Gasteiger partial charge in [0.05, 0.1) is 11.3 Å². The molecule has 4 aromatic rings. The largest absolute Gasteiger partial charge is 0.488 e. The summed E-state index contributed by atoms with van der Waals surface area (Å²) in [5.41, 5.74) is 2.26. The smallest absolute Gasteiger partial charge is 0.230 e. The maximum absolute atomic E-state index is 14.0. The minimum atomic E-state index is -2.69. The Morgan fingerprint density at radius 1 is 1.03 bits per heavy atom. The van der Waals surface area contributed by atoms with Crippen molar-refractivity contribution in [3.8, 4) is 17.1 Å². The fourth-order valence-electron chi connectivity index (χ4n) is 3.33. The second-order valence-electron chi connectivity index (χ2n) is 7.81. The topological polar surface area (TPSA) is 101 Å². The normalized spacial score (nSPS) is 12.7. The van der Waals surface area contributed by atoms with Gasteiger partial charge in [-0.25, -0.2) is 23.0 Å². The number of nitrogens with zero attached hydrogens (tertiary/aromatic N) is 3. The van der Waals surface area contributed by atoms with E-state index in [1.807, 2.05) is 0 Å². The predicted molar refractivity (Wildman–Crippen MR) is 131 cm³/mol. The third-order valence-electron chi connectivity index (χ3n) is 4.70. The Labute approximate surface area is 206 Å². The summed E-state index contributed by atoms with van der Waals surface area (Å²) in [6.07, 6.45) is 2.69. The van der Waals surface area contributed by atoms with Crippen molar-refractivity contribution in [1.29, 1.82) is 4.78 Å². The second-order valence-corrected chi connectivity index (χ2v) is 10.5. The summed E-state index contributed by atoms with van der Waals surface area (Å²) in [5.74, 6) is -0.282. The molecule has 0 fully saturated rings. The van der Waals surface area contributed by atoms with Crippen LogP contribution in [-0.2, 0) is 22.1 Å². The number of aromatic nitrogens is 3. The van der Waals surface area contributed by atoms with Gasteiger partial charge in [0.15, 0.2) is 5.82 Å². The Bertz CT molecular complexity index is 1460. The molecule has 35 heavy (non-hydrogen) atoms. The van der Waals surface area contributed by atoms with Crippen molar-refractivity contribution in [2.75, 3.05) is 11.6 Å². The molecule has 1 unspecified atom stereocenters. The van der Waals surface area contributed by atoms with E-state index < -0.39 is 21.4 Å². The molecule has 0 aliphatic carbocycles. The maximum Gasteiger partial charge on any atom is 0.230 e. The van der Waals surface area contributed by atoms with Crippen LogP contribution in [0.1, 0.15) is 11.1 Å². The summed E-state index contributed by atoms with van der Waals surface area (Å²) in [4.78, 5) is 12.7. The van der Waals surface area contributed by atoms with E-state index in [0.29, 0.717) is 16.8 Å². The van der Waals surface area contributed by atoms with Gasteiger partial charge < -0.3 is 10.1 Å². The van der Waals surface area contributed by atoms with Crippen molar-refractivity contribution in [2.24, 2.45) is 0 Å². The summed E-state index contributed by atoms with van der Waals surface area (Å²) in [7, 11) is -2.69. The van der Waals surface area contributed by atoms with Crippen LogP contribution in [0.5, 0.6) is 5.75 Å². The Hall–Kier alpha value is -3.63. The van der Waals surface area contributed by atoms with Gasteiger partial charge in [0.25, 0.3) is 0 Å². The molecule has 3 aromatic carbocycles. The monoisotopic (exact) mass is 515 g/mol. The first-order valence-electron chi connectivity index (χ1n) is 10.3. The van der Waals surface area contributed by atoms with Crippen LogP contribution in [0.4, 0.5) is 20.4 Å². The number of benzene rings is 3. The van der Waals surface area contributed by atoms with E-state index >= 15 is 0 Å². The molecule has 11 heteroatoms. The number of anilines is 2. The minimum absolute atomic E-state index is 0.0481. The third-order valence-corrected chi connectivity index (χ3v) is 5.80. The van der Waals surface area contributed by atoms with Gasteiger partial charge in [-0.1, -0.05) is 23.7 Å². The van der Waals surface area contributed by atoms with E-state index in [1.165, 1.54) is 42.9 Å². The molecule has 7 nitrogen and oxygen atoms in total. The van der Waals surface area contributed by atoms with Crippen LogP contribution in [0.2, 0.25) is 5.02 Å². The van der Waals surface area contributed by atoms with Crippen molar-refractivity contribution in [3.05, 3.63) is 94.8 Å². The van der Waals surface area contributed by atoms with Crippen LogP contribution in [0.3, 0.4) is 0 Å². The van der Waals surface area contributed by atoms with Gasteiger partial charge in [0.1, 0.15) is 30.3 Å². The summed E-state index contributed by atoms with van der Waals surface area (Å²) >= 11 is 5.90. The maximum atomic E-state index is 14.0. The van der Waals surface area contributed by atoms with Gasteiger partial charge in [-0.3, -0.25) is 4.78 Å². The summed E-state index contributed by atoms with van der Waals surface area (Å²) in [6, 6.07) is 15.1. The first-order chi connectivity index (χ1) is 16.6. The Kier molecular flexibility index (Phi) is 7.23. The highest BCUT2D eigenvalue weighted by Crippen LogP contribution is 2.30. The lowest BCUT2D eigenvalue weighted by atomic mass is 10.1. The fourth-order valence-corrected chi connectivity index (χ4v) is 4.39. The molecule has 180 valence electrons. The zero-order chi connectivity index (χ0) is 25.0. The summed E-state index contributed by atoms with van der Waals surface area (Å²) in [6.45, 7) is -0.0481. The van der Waals surface area contributed by atoms with Crippen LogP contribution in [-0.4, -0.2) is 25.4 Å². The van der Waals surface area contributed by atoms with Crippen molar-refractivity contribution in [2.45, 2.75) is 12.4 Å². The van der Waals surface area contributed by atoms with Crippen LogP contribution < -0.4 is 10.1 Å². The van der Waals surface area contributed by atoms with E-state index in [4.69, 9.17) is 21.1 Å². The molecule has 2 N–H and O–H groups in total. The molecule has 1 aromatic heterocycles. The molecule has 4 rings (SSSR count). The number of hydrogen-bond donors (Lipinski definition) is 2. The first kappa shape index (κ1) is 24.5. The Morgan fingerprint density at radius 2 is 1.86 bits per heavy atom. The van der Waals surface area contributed by atoms with Crippen molar-refractivity contribution >= 4 is 33.0 Å². The molecule has 0 radical (unpaired) electrons. The highest BCUT2D eigenvalue weighted by Gasteiger charge is 2.13. The first-order valence-corrected chi connectivity index (χ1v) is 12.8. The number of nitrogens with one attached hydrogen (secondary N) is 2. The number of rotatable bonds is 8. The molecule has 1 atom stereocenters. The molecular formula is C24H20ClF2N5O2S. The average molecular weight is 516 g/mol. The molecule has 1 heterocycles. The van der Waals surface area contributed by atoms with E-state index in [1.54, 1.807) is 30.3 Å². The number of hydrogen-bond acceptors (Lipinski definition) is 7. The summed E-state index contributed by atoms with van der Waals surface area (Å²) in [5, 5.41) is 3.28. The van der Waals surface area contributed by atoms with Crippen LogP contribution in [0, 0.1) is 16.4 Å². The zero-order valence-corrected chi connectivity index (χ0v) is 20.0. The Morgan fingerprint density at radius 3 is 2.63 bits per heavy atom. The third kappa shape index (κ3) is 6.93. The quantitative estimate of drug-likeness (QED) is 0.300. The van der Waals surface area contributed by atoms with Gasteiger partial charge >= 0.3 is 0 Å². The average Bonchev–Trinajstić information content (AvgIpc) is 2.76. The lowest BCUT2D eigenvalue weighted by Gasteiger charge is -2.12.